The Morgan fingerprint density at radius 3 is 2.95 bits per heavy atom. The molecule has 1 N–H and O–H groups in total. The summed E-state index contributed by atoms with van der Waals surface area (Å²) in [6.07, 6.45) is 0.917. The van der Waals surface area contributed by atoms with E-state index in [-0.39, 0.29) is 0 Å². The number of rotatable bonds is 5. The number of benzene rings is 1. The molecule has 0 saturated carbocycles. The van der Waals surface area contributed by atoms with Crippen molar-refractivity contribution in [1.29, 1.82) is 0 Å². The van der Waals surface area contributed by atoms with Crippen molar-refractivity contribution in [2.24, 2.45) is 0 Å². The molecule has 0 radical (unpaired) electrons. The van der Waals surface area contributed by atoms with Gasteiger partial charge in [0, 0.05) is 31.0 Å². The number of methoxy groups -OCH3 is 1. The van der Waals surface area contributed by atoms with Crippen LogP contribution < -0.4 is 5.32 Å². The Balaban J connectivity index is 2.00. The fourth-order valence-electron chi connectivity index (χ4n) is 2.00. The number of anilines is 1. The minimum absolute atomic E-state index is 0.665. The number of hydrogen-bond acceptors (Lipinski definition) is 6. The second kappa shape index (κ2) is 5.15. The summed E-state index contributed by atoms with van der Waals surface area (Å²) < 4.78 is 6.47. The monoisotopic (exact) mass is 258 g/mol. The summed E-state index contributed by atoms with van der Waals surface area (Å²) in [5.41, 5.74) is 0.665. The minimum Gasteiger partial charge on any atom is -0.385 e. The number of hydrogen-bond donors (Lipinski definition) is 1. The Morgan fingerprint density at radius 2 is 2.11 bits per heavy atom. The molecule has 3 rings (SSSR count). The predicted molar refractivity (Wildman–Crippen MR) is 71.1 cm³/mol. The average molecular weight is 258 g/mol. The average Bonchev–Trinajstić information content (AvgIpc) is 2.92. The zero-order valence-electron chi connectivity index (χ0n) is 10.6. The van der Waals surface area contributed by atoms with Gasteiger partial charge in [-0.2, -0.15) is 0 Å². The lowest BCUT2D eigenvalue weighted by atomic mass is 10.2. The molecule has 0 atom stereocenters. The SMILES string of the molecule is COCCCNc1nn2nnnc2c2ccccc12. The van der Waals surface area contributed by atoms with Crippen LogP contribution in [-0.2, 0) is 4.74 Å². The van der Waals surface area contributed by atoms with Crippen molar-refractivity contribution < 1.29 is 4.74 Å². The summed E-state index contributed by atoms with van der Waals surface area (Å²) in [4.78, 5) is 0. The first-order valence-electron chi connectivity index (χ1n) is 6.10. The van der Waals surface area contributed by atoms with E-state index in [0.29, 0.717) is 5.65 Å². The molecule has 0 spiro atoms. The topological polar surface area (TPSA) is 77.2 Å². The van der Waals surface area contributed by atoms with Gasteiger partial charge < -0.3 is 10.1 Å². The number of tetrazole rings is 1. The van der Waals surface area contributed by atoms with Crippen LogP contribution in [0.15, 0.2) is 24.3 Å². The fourth-order valence-corrected chi connectivity index (χ4v) is 2.00. The highest BCUT2D eigenvalue weighted by atomic mass is 16.5. The minimum atomic E-state index is 0.665. The van der Waals surface area contributed by atoms with E-state index < -0.39 is 0 Å². The van der Waals surface area contributed by atoms with Gasteiger partial charge in [-0.1, -0.05) is 24.3 Å². The summed E-state index contributed by atoms with van der Waals surface area (Å²) in [7, 11) is 1.70. The molecule has 98 valence electrons. The zero-order valence-corrected chi connectivity index (χ0v) is 10.6. The normalized spacial score (nSPS) is 11.2. The van der Waals surface area contributed by atoms with Crippen LogP contribution in [0.25, 0.3) is 16.4 Å². The van der Waals surface area contributed by atoms with Crippen molar-refractivity contribution in [3.8, 4) is 0 Å². The predicted octanol–water partition coefficient (Wildman–Crippen LogP) is 1.12. The molecule has 0 aliphatic heterocycles. The first kappa shape index (κ1) is 11.8. The molecule has 7 heteroatoms. The van der Waals surface area contributed by atoms with Gasteiger partial charge in [0.15, 0.2) is 5.82 Å². The highest BCUT2D eigenvalue weighted by Crippen LogP contribution is 2.23. The number of nitrogens with one attached hydrogen (secondary N) is 1. The van der Waals surface area contributed by atoms with E-state index in [1.807, 2.05) is 24.3 Å². The smallest absolute Gasteiger partial charge is 0.207 e. The Labute approximate surface area is 109 Å². The third-order valence-electron chi connectivity index (χ3n) is 2.89. The van der Waals surface area contributed by atoms with Gasteiger partial charge in [-0.15, -0.1) is 14.8 Å². The van der Waals surface area contributed by atoms with E-state index in [0.717, 1.165) is 36.2 Å². The van der Waals surface area contributed by atoms with Crippen LogP contribution >= 0.6 is 0 Å². The molecular weight excluding hydrogens is 244 g/mol. The van der Waals surface area contributed by atoms with Crippen LogP contribution in [0.2, 0.25) is 0 Å². The summed E-state index contributed by atoms with van der Waals surface area (Å²) in [5.74, 6) is 0.784. The van der Waals surface area contributed by atoms with Crippen molar-refractivity contribution >= 4 is 22.2 Å². The fraction of sp³-hybridized carbons (Fsp3) is 0.333. The Bertz CT molecular complexity index is 695. The maximum absolute atomic E-state index is 5.03. The Kier molecular flexibility index (Phi) is 3.20. The van der Waals surface area contributed by atoms with Gasteiger partial charge >= 0.3 is 0 Å². The molecule has 3 aromatic rings. The molecule has 0 fully saturated rings. The Morgan fingerprint density at radius 1 is 1.26 bits per heavy atom. The molecule has 0 aliphatic rings. The van der Waals surface area contributed by atoms with E-state index in [1.54, 1.807) is 7.11 Å². The first-order valence-corrected chi connectivity index (χ1v) is 6.10. The first-order chi connectivity index (χ1) is 9.40. The van der Waals surface area contributed by atoms with E-state index >= 15 is 0 Å². The maximum atomic E-state index is 5.03. The highest BCUT2D eigenvalue weighted by Gasteiger charge is 2.09. The number of ether oxygens (including phenoxy) is 1. The summed E-state index contributed by atoms with van der Waals surface area (Å²) in [5, 5.41) is 21.2. The third-order valence-corrected chi connectivity index (χ3v) is 2.89. The van der Waals surface area contributed by atoms with Gasteiger partial charge in [-0.05, 0) is 16.8 Å². The summed E-state index contributed by atoms with van der Waals surface area (Å²) >= 11 is 0. The van der Waals surface area contributed by atoms with Crippen LogP contribution in [0.3, 0.4) is 0 Å². The van der Waals surface area contributed by atoms with Crippen LogP contribution in [0.1, 0.15) is 6.42 Å². The number of fused-ring (bicyclic) bond motifs is 3. The molecule has 0 saturated heterocycles. The van der Waals surface area contributed by atoms with Crippen LogP contribution in [0.5, 0.6) is 0 Å². The van der Waals surface area contributed by atoms with E-state index in [9.17, 15) is 0 Å². The van der Waals surface area contributed by atoms with Crippen molar-refractivity contribution in [2.45, 2.75) is 6.42 Å². The second-order valence-corrected chi connectivity index (χ2v) is 4.16. The van der Waals surface area contributed by atoms with Crippen LogP contribution in [0.4, 0.5) is 5.82 Å². The molecule has 0 aliphatic carbocycles. The lowest BCUT2D eigenvalue weighted by Gasteiger charge is -2.08. The quantitative estimate of drug-likeness (QED) is 0.691. The largest absolute Gasteiger partial charge is 0.385 e. The molecule has 0 unspecified atom stereocenters. The lowest BCUT2D eigenvalue weighted by molar-refractivity contribution is 0.198. The molecule has 0 amide bonds. The van der Waals surface area contributed by atoms with Crippen molar-refractivity contribution in [2.75, 3.05) is 25.6 Å². The van der Waals surface area contributed by atoms with Gasteiger partial charge in [0.25, 0.3) is 0 Å². The van der Waals surface area contributed by atoms with Crippen molar-refractivity contribution in [3.63, 3.8) is 0 Å². The number of aromatic nitrogens is 5. The summed E-state index contributed by atoms with van der Waals surface area (Å²) in [6, 6.07) is 7.94. The van der Waals surface area contributed by atoms with Gasteiger partial charge in [0.05, 0.1) is 0 Å². The van der Waals surface area contributed by atoms with Gasteiger partial charge in [-0.3, -0.25) is 0 Å². The molecule has 2 heterocycles. The lowest BCUT2D eigenvalue weighted by Crippen LogP contribution is -2.09. The van der Waals surface area contributed by atoms with Crippen LogP contribution in [-0.4, -0.2) is 45.5 Å². The number of nitrogens with zero attached hydrogens (tertiary/aromatic N) is 5. The van der Waals surface area contributed by atoms with Gasteiger partial charge in [-0.25, -0.2) is 0 Å². The zero-order chi connectivity index (χ0) is 13.1. The van der Waals surface area contributed by atoms with Gasteiger partial charge in [0.1, 0.15) is 0 Å². The molecule has 7 nitrogen and oxygen atoms in total. The Hall–Kier alpha value is -2.28. The molecule has 0 bridgehead atoms. The maximum Gasteiger partial charge on any atom is 0.207 e. The summed E-state index contributed by atoms with van der Waals surface area (Å²) in [6.45, 7) is 1.51. The van der Waals surface area contributed by atoms with Crippen molar-refractivity contribution in [3.05, 3.63) is 24.3 Å². The van der Waals surface area contributed by atoms with Crippen molar-refractivity contribution in [1.82, 2.24) is 25.3 Å². The van der Waals surface area contributed by atoms with Crippen LogP contribution in [0, 0.1) is 0 Å². The van der Waals surface area contributed by atoms with E-state index in [2.05, 4.69) is 25.9 Å². The molecule has 1 aromatic carbocycles. The standard InChI is InChI=1S/C12H14N6O/c1-19-8-4-7-13-11-9-5-2-3-6-10(9)12-14-16-17-18(12)15-11/h2-3,5-6H,4,7-8H2,1H3,(H,13,15). The highest BCUT2D eigenvalue weighted by molar-refractivity contribution is 5.99. The third kappa shape index (κ3) is 2.19. The second-order valence-electron chi connectivity index (χ2n) is 4.16. The van der Waals surface area contributed by atoms with E-state index in [1.165, 1.54) is 4.63 Å². The molecule has 19 heavy (non-hydrogen) atoms. The van der Waals surface area contributed by atoms with E-state index in [4.69, 9.17) is 4.74 Å². The van der Waals surface area contributed by atoms with Gasteiger partial charge in [0.2, 0.25) is 5.65 Å². The molecular formula is C12H14N6O. The molecule has 2 aromatic heterocycles.